The van der Waals surface area contributed by atoms with E-state index in [4.69, 9.17) is 9.47 Å². The lowest BCUT2D eigenvalue weighted by atomic mass is 9.94. The Morgan fingerprint density at radius 3 is 2.55 bits per heavy atom. The standard InChI is InChI=1S/C18H26O4/c1-4-15-10-14(11-18(15)22-13(3)20)8-9-16-6-5-7-17(16)21-12(2)19/h11,14-15H,4-10H2,1-3H3. The van der Waals surface area contributed by atoms with Gasteiger partial charge in [0.05, 0.1) is 0 Å². The van der Waals surface area contributed by atoms with Crippen molar-refractivity contribution in [2.45, 2.75) is 65.7 Å². The van der Waals surface area contributed by atoms with Gasteiger partial charge in [-0.3, -0.25) is 9.59 Å². The summed E-state index contributed by atoms with van der Waals surface area (Å²) >= 11 is 0. The molecule has 2 aliphatic carbocycles. The molecule has 0 bridgehead atoms. The molecule has 2 atom stereocenters. The predicted molar refractivity (Wildman–Crippen MR) is 83.6 cm³/mol. The van der Waals surface area contributed by atoms with Gasteiger partial charge in [0, 0.05) is 26.2 Å². The fourth-order valence-corrected chi connectivity index (χ4v) is 3.47. The van der Waals surface area contributed by atoms with Crippen molar-refractivity contribution in [2.24, 2.45) is 11.8 Å². The van der Waals surface area contributed by atoms with Gasteiger partial charge in [-0.05, 0) is 56.1 Å². The molecule has 0 saturated carbocycles. The quantitative estimate of drug-likeness (QED) is 0.688. The number of esters is 2. The highest BCUT2D eigenvalue weighted by Gasteiger charge is 2.28. The molecule has 0 aromatic carbocycles. The average molecular weight is 306 g/mol. The molecular weight excluding hydrogens is 280 g/mol. The summed E-state index contributed by atoms with van der Waals surface area (Å²) in [6.07, 6.45) is 9.16. The normalized spacial score (nSPS) is 24.4. The second kappa shape index (κ2) is 7.61. The van der Waals surface area contributed by atoms with Crippen molar-refractivity contribution in [1.29, 1.82) is 0 Å². The zero-order valence-electron chi connectivity index (χ0n) is 13.8. The van der Waals surface area contributed by atoms with Crippen LogP contribution < -0.4 is 0 Å². The molecule has 4 heteroatoms. The monoisotopic (exact) mass is 306 g/mol. The number of hydrogen-bond donors (Lipinski definition) is 0. The minimum atomic E-state index is -0.235. The number of ether oxygens (including phenoxy) is 2. The number of carbonyl (C=O) groups is 2. The van der Waals surface area contributed by atoms with Crippen molar-refractivity contribution < 1.29 is 19.1 Å². The minimum Gasteiger partial charge on any atom is -0.431 e. The first-order valence-corrected chi connectivity index (χ1v) is 8.29. The van der Waals surface area contributed by atoms with Crippen LogP contribution in [0.25, 0.3) is 0 Å². The van der Waals surface area contributed by atoms with E-state index >= 15 is 0 Å². The molecule has 0 amide bonds. The summed E-state index contributed by atoms with van der Waals surface area (Å²) in [6.45, 7) is 5.04. The molecule has 122 valence electrons. The molecule has 4 nitrogen and oxygen atoms in total. The third-order valence-corrected chi connectivity index (χ3v) is 4.50. The fraction of sp³-hybridized carbons (Fsp3) is 0.667. The first kappa shape index (κ1) is 16.8. The first-order valence-electron chi connectivity index (χ1n) is 8.29. The average Bonchev–Trinajstić information content (AvgIpc) is 3.02. The van der Waals surface area contributed by atoms with Crippen molar-refractivity contribution in [3.63, 3.8) is 0 Å². The van der Waals surface area contributed by atoms with Crippen LogP contribution in [0.3, 0.4) is 0 Å². The van der Waals surface area contributed by atoms with Crippen LogP contribution in [-0.4, -0.2) is 11.9 Å². The highest BCUT2D eigenvalue weighted by molar-refractivity contribution is 5.67. The van der Waals surface area contributed by atoms with Gasteiger partial charge < -0.3 is 9.47 Å². The van der Waals surface area contributed by atoms with Crippen LogP contribution in [0.15, 0.2) is 23.2 Å². The van der Waals surface area contributed by atoms with Crippen LogP contribution >= 0.6 is 0 Å². The molecule has 2 unspecified atom stereocenters. The third-order valence-electron chi connectivity index (χ3n) is 4.50. The van der Waals surface area contributed by atoms with Crippen LogP contribution in [0.1, 0.15) is 65.7 Å². The van der Waals surface area contributed by atoms with Gasteiger partial charge >= 0.3 is 11.9 Å². The Bertz CT molecular complexity index is 501. The maximum Gasteiger partial charge on any atom is 0.307 e. The molecule has 0 spiro atoms. The SMILES string of the molecule is CCC1CC(CCC2=C(OC(C)=O)CCC2)C=C1OC(C)=O. The predicted octanol–water partition coefficient (Wildman–Crippen LogP) is 4.26. The van der Waals surface area contributed by atoms with Gasteiger partial charge in [0.15, 0.2) is 0 Å². The van der Waals surface area contributed by atoms with E-state index in [1.807, 2.05) is 0 Å². The van der Waals surface area contributed by atoms with E-state index in [2.05, 4.69) is 13.0 Å². The molecule has 0 aliphatic heterocycles. The number of allylic oxidation sites excluding steroid dienone is 4. The molecule has 2 aliphatic rings. The maximum atomic E-state index is 11.2. The van der Waals surface area contributed by atoms with Crippen molar-refractivity contribution in [3.8, 4) is 0 Å². The summed E-state index contributed by atoms with van der Waals surface area (Å²) in [6, 6.07) is 0. The zero-order chi connectivity index (χ0) is 16.1. The molecule has 0 saturated heterocycles. The summed E-state index contributed by atoms with van der Waals surface area (Å²) in [4.78, 5) is 22.3. The summed E-state index contributed by atoms with van der Waals surface area (Å²) in [5.41, 5.74) is 1.29. The van der Waals surface area contributed by atoms with Gasteiger partial charge in [0.1, 0.15) is 11.5 Å². The Labute approximate surface area is 132 Å². The molecule has 0 aromatic heterocycles. The number of hydrogen-bond acceptors (Lipinski definition) is 4. The lowest BCUT2D eigenvalue weighted by molar-refractivity contribution is -0.138. The fourth-order valence-electron chi connectivity index (χ4n) is 3.47. The molecule has 22 heavy (non-hydrogen) atoms. The van der Waals surface area contributed by atoms with E-state index in [1.54, 1.807) is 0 Å². The van der Waals surface area contributed by atoms with Crippen LogP contribution in [0.5, 0.6) is 0 Å². The van der Waals surface area contributed by atoms with Gasteiger partial charge in [-0.2, -0.15) is 0 Å². The summed E-state index contributed by atoms with van der Waals surface area (Å²) in [5, 5.41) is 0. The molecule has 0 heterocycles. The highest BCUT2D eigenvalue weighted by Crippen LogP contribution is 2.38. The van der Waals surface area contributed by atoms with Gasteiger partial charge in [-0.25, -0.2) is 0 Å². The van der Waals surface area contributed by atoms with E-state index in [1.165, 1.54) is 19.4 Å². The molecule has 0 aromatic rings. The Balaban J connectivity index is 1.93. The Morgan fingerprint density at radius 2 is 1.91 bits per heavy atom. The zero-order valence-corrected chi connectivity index (χ0v) is 13.8. The number of rotatable bonds is 6. The largest absolute Gasteiger partial charge is 0.431 e. The number of carbonyl (C=O) groups excluding carboxylic acids is 2. The van der Waals surface area contributed by atoms with E-state index in [-0.39, 0.29) is 11.9 Å². The van der Waals surface area contributed by atoms with Crippen molar-refractivity contribution in [3.05, 3.63) is 23.2 Å². The van der Waals surface area contributed by atoms with E-state index in [0.717, 1.165) is 56.5 Å². The van der Waals surface area contributed by atoms with Crippen molar-refractivity contribution in [1.82, 2.24) is 0 Å². The molecule has 2 rings (SSSR count). The first-order chi connectivity index (χ1) is 10.5. The summed E-state index contributed by atoms with van der Waals surface area (Å²) in [5.74, 6) is 2.09. The topological polar surface area (TPSA) is 52.6 Å². The summed E-state index contributed by atoms with van der Waals surface area (Å²) < 4.78 is 10.6. The highest BCUT2D eigenvalue weighted by atomic mass is 16.5. The van der Waals surface area contributed by atoms with Crippen molar-refractivity contribution in [2.75, 3.05) is 0 Å². The van der Waals surface area contributed by atoms with E-state index < -0.39 is 0 Å². The minimum absolute atomic E-state index is 0.224. The molecule has 0 N–H and O–H groups in total. The third kappa shape index (κ3) is 4.46. The lowest BCUT2D eigenvalue weighted by Crippen LogP contribution is -2.06. The van der Waals surface area contributed by atoms with Crippen LogP contribution in [0.2, 0.25) is 0 Å². The van der Waals surface area contributed by atoms with Crippen molar-refractivity contribution >= 4 is 11.9 Å². The van der Waals surface area contributed by atoms with Gasteiger partial charge in [-0.1, -0.05) is 6.92 Å². The Kier molecular flexibility index (Phi) is 5.81. The molecular formula is C18H26O4. The van der Waals surface area contributed by atoms with Crippen LogP contribution in [-0.2, 0) is 19.1 Å². The van der Waals surface area contributed by atoms with Crippen LogP contribution in [0.4, 0.5) is 0 Å². The smallest absolute Gasteiger partial charge is 0.307 e. The van der Waals surface area contributed by atoms with E-state index in [0.29, 0.717) is 11.8 Å². The van der Waals surface area contributed by atoms with Gasteiger partial charge in [0.2, 0.25) is 0 Å². The van der Waals surface area contributed by atoms with Gasteiger partial charge in [-0.15, -0.1) is 0 Å². The lowest BCUT2D eigenvalue weighted by Gasteiger charge is -2.13. The maximum absolute atomic E-state index is 11.2. The molecule has 0 fully saturated rings. The van der Waals surface area contributed by atoms with Crippen LogP contribution in [0, 0.1) is 11.8 Å². The molecule has 0 radical (unpaired) electrons. The Hall–Kier alpha value is -1.58. The summed E-state index contributed by atoms with van der Waals surface area (Å²) in [7, 11) is 0. The second-order valence-corrected chi connectivity index (χ2v) is 6.28. The second-order valence-electron chi connectivity index (χ2n) is 6.28. The Morgan fingerprint density at radius 1 is 1.18 bits per heavy atom. The van der Waals surface area contributed by atoms with Gasteiger partial charge in [0.25, 0.3) is 0 Å². The van der Waals surface area contributed by atoms with E-state index in [9.17, 15) is 9.59 Å².